The number of carbonyl (C=O) groups excluding carboxylic acids is 1. The Kier molecular flexibility index (Phi) is 3.97. The molecule has 2 aromatic rings. The lowest BCUT2D eigenvalue weighted by atomic mass is 9.96. The van der Waals surface area contributed by atoms with Crippen LogP contribution in [0.1, 0.15) is 28.8 Å². The average Bonchev–Trinajstić information content (AvgIpc) is 3.27. The molecule has 0 bridgehead atoms. The Bertz CT molecular complexity index is 665. The molecule has 1 amide bonds. The first-order chi connectivity index (χ1) is 10.1. The quantitative estimate of drug-likeness (QED) is 0.783. The van der Waals surface area contributed by atoms with Crippen molar-refractivity contribution in [2.24, 2.45) is 0 Å². The molecule has 0 spiro atoms. The lowest BCUT2D eigenvalue weighted by Gasteiger charge is -2.17. The van der Waals surface area contributed by atoms with E-state index in [-0.39, 0.29) is 17.1 Å². The van der Waals surface area contributed by atoms with Gasteiger partial charge >= 0.3 is 0 Å². The predicted molar refractivity (Wildman–Crippen MR) is 88.8 cm³/mol. The van der Waals surface area contributed by atoms with Crippen LogP contribution in [0.2, 0.25) is 0 Å². The van der Waals surface area contributed by atoms with E-state index in [1.807, 2.05) is 36.4 Å². The summed E-state index contributed by atoms with van der Waals surface area (Å²) >= 11 is 2.16. The molecule has 0 aromatic heterocycles. The van der Waals surface area contributed by atoms with Gasteiger partial charge in [-0.3, -0.25) is 4.79 Å². The zero-order chi connectivity index (χ0) is 14.9. The van der Waals surface area contributed by atoms with Crippen molar-refractivity contribution >= 4 is 28.5 Å². The fourth-order valence-electron chi connectivity index (χ4n) is 2.51. The Balaban J connectivity index is 1.69. The Morgan fingerprint density at radius 1 is 1.14 bits per heavy atom. The molecule has 0 heterocycles. The third kappa shape index (κ3) is 3.10. The van der Waals surface area contributed by atoms with Crippen molar-refractivity contribution in [1.29, 1.82) is 0 Å². The molecular weight excluding hydrogens is 380 g/mol. The molecule has 1 aliphatic rings. The molecule has 21 heavy (non-hydrogen) atoms. The SMILES string of the molecule is O=C(NCC1(c2ccc(F)cc2)CC1)c1ccccc1I. The molecule has 3 rings (SSSR count). The standard InChI is InChI=1S/C17H15FINO/c18-13-7-5-12(6-8-13)17(9-10-17)11-20-16(21)14-3-1-2-4-15(14)19/h1-8H,9-11H2,(H,20,21). The van der Waals surface area contributed by atoms with E-state index < -0.39 is 0 Å². The maximum absolute atomic E-state index is 13.0. The Morgan fingerprint density at radius 3 is 2.43 bits per heavy atom. The van der Waals surface area contributed by atoms with Gasteiger partial charge in [0.1, 0.15) is 5.82 Å². The first kappa shape index (κ1) is 14.5. The van der Waals surface area contributed by atoms with Gasteiger partial charge in [0.25, 0.3) is 5.91 Å². The summed E-state index contributed by atoms with van der Waals surface area (Å²) < 4.78 is 13.9. The zero-order valence-corrected chi connectivity index (χ0v) is 13.6. The van der Waals surface area contributed by atoms with E-state index in [1.165, 1.54) is 12.1 Å². The van der Waals surface area contributed by atoms with Crippen LogP contribution in [0.15, 0.2) is 48.5 Å². The van der Waals surface area contributed by atoms with Gasteiger partial charge in [-0.05, 0) is 65.3 Å². The summed E-state index contributed by atoms with van der Waals surface area (Å²) in [7, 11) is 0. The van der Waals surface area contributed by atoms with E-state index in [0.29, 0.717) is 12.1 Å². The minimum Gasteiger partial charge on any atom is -0.351 e. The molecule has 108 valence electrons. The molecule has 0 aliphatic heterocycles. The largest absolute Gasteiger partial charge is 0.351 e. The second-order valence-corrected chi connectivity index (χ2v) is 6.61. The fourth-order valence-corrected chi connectivity index (χ4v) is 3.14. The number of nitrogens with one attached hydrogen (secondary N) is 1. The summed E-state index contributed by atoms with van der Waals surface area (Å²) in [5.41, 5.74) is 1.80. The zero-order valence-electron chi connectivity index (χ0n) is 11.4. The second kappa shape index (κ2) is 5.75. The summed E-state index contributed by atoms with van der Waals surface area (Å²) in [5.74, 6) is -0.272. The van der Waals surface area contributed by atoms with Crippen LogP contribution in [0, 0.1) is 9.39 Å². The molecule has 2 nitrogen and oxygen atoms in total. The summed E-state index contributed by atoms with van der Waals surface area (Å²) in [4.78, 5) is 12.2. The highest BCUT2D eigenvalue weighted by Gasteiger charge is 2.44. The van der Waals surface area contributed by atoms with E-state index in [2.05, 4.69) is 27.9 Å². The van der Waals surface area contributed by atoms with Crippen molar-refractivity contribution in [3.63, 3.8) is 0 Å². The van der Waals surface area contributed by atoms with Crippen molar-refractivity contribution in [3.8, 4) is 0 Å². The van der Waals surface area contributed by atoms with Gasteiger partial charge in [-0.25, -0.2) is 4.39 Å². The molecule has 4 heteroatoms. The molecule has 0 unspecified atom stereocenters. The molecule has 1 saturated carbocycles. The smallest absolute Gasteiger partial charge is 0.252 e. The summed E-state index contributed by atoms with van der Waals surface area (Å²) in [6, 6.07) is 14.1. The Labute approximate surface area is 136 Å². The summed E-state index contributed by atoms with van der Waals surface area (Å²) in [6.07, 6.45) is 2.07. The normalized spacial score (nSPS) is 15.5. The topological polar surface area (TPSA) is 29.1 Å². The average molecular weight is 395 g/mol. The molecule has 0 radical (unpaired) electrons. The lowest BCUT2D eigenvalue weighted by Crippen LogP contribution is -2.32. The number of carbonyl (C=O) groups is 1. The van der Waals surface area contributed by atoms with Crippen LogP contribution < -0.4 is 5.32 Å². The highest BCUT2D eigenvalue weighted by atomic mass is 127. The van der Waals surface area contributed by atoms with Crippen LogP contribution in [-0.4, -0.2) is 12.5 Å². The summed E-state index contributed by atoms with van der Waals surface area (Å²) in [5, 5.41) is 3.02. The second-order valence-electron chi connectivity index (χ2n) is 5.45. The van der Waals surface area contributed by atoms with E-state index in [4.69, 9.17) is 0 Å². The van der Waals surface area contributed by atoms with E-state index in [1.54, 1.807) is 0 Å². The van der Waals surface area contributed by atoms with Crippen LogP contribution in [-0.2, 0) is 5.41 Å². The number of amides is 1. The van der Waals surface area contributed by atoms with Crippen molar-refractivity contribution in [3.05, 3.63) is 69.0 Å². The third-order valence-electron chi connectivity index (χ3n) is 4.02. The predicted octanol–water partition coefficient (Wildman–Crippen LogP) is 3.89. The summed E-state index contributed by atoms with van der Waals surface area (Å²) in [6.45, 7) is 0.600. The molecule has 1 aliphatic carbocycles. The Hall–Kier alpha value is -1.43. The number of hydrogen-bond donors (Lipinski definition) is 1. The minimum atomic E-state index is -0.225. The monoisotopic (exact) mass is 395 g/mol. The van der Waals surface area contributed by atoms with Gasteiger partial charge in [-0.15, -0.1) is 0 Å². The molecular formula is C17H15FINO. The van der Waals surface area contributed by atoms with Crippen molar-refractivity contribution < 1.29 is 9.18 Å². The van der Waals surface area contributed by atoms with E-state index in [9.17, 15) is 9.18 Å². The number of rotatable bonds is 4. The maximum atomic E-state index is 13.0. The van der Waals surface area contributed by atoms with Crippen molar-refractivity contribution in [1.82, 2.24) is 5.32 Å². The highest BCUT2D eigenvalue weighted by molar-refractivity contribution is 14.1. The molecule has 1 fully saturated rings. The van der Waals surface area contributed by atoms with E-state index >= 15 is 0 Å². The van der Waals surface area contributed by atoms with Gasteiger partial charge < -0.3 is 5.32 Å². The van der Waals surface area contributed by atoms with Gasteiger partial charge in [-0.1, -0.05) is 24.3 Å². The van der Waals surface area contributed by atoms with Crippen LogP contribution >= 0.6 is 22.6 Å². The van der Waals surface area contributed by atoms with Gasteiger partial charge in [0.2, 0.25) is 0 Å². The van der Waals surface area contributed by atoms with Crippen LogP contribution in [0.3, 0.4) is 0 Å². The number of hydrogen-bond acceptors (Lipinski definition) is 1. The van der Waals surface area contributed by atoms with Crippen LogP contribution in [0.25, 0.3) is 0 Å². The van der Waals surface area contributed by atoms with E-state index in [0.717, 1.165) is 22.0 Å². The molecule has 2 aromatic carbocycles. The first-order valence-corrected chi connectivity index (χ1v) is 7.97. The van der Waals surface area contributed by atoms with Crippen LogP contribution in [0.4, 0.5) is 4.39 Å². The van der Waals surface area contributed by atoms with Gasteiger partial charge in [0, 0.05) is 15.5 Å². The number of halogens is 2. The fraction of sp³-hybridized carbons (Fsp3) is 0.235. The number of benzene rings is 2. The minimum absolute atomic E-state index is 0.0103. The first-order valence-electron chi connectivity index (χ1n) is 6.90. The van der Waals surface area contributed by atoms with Crippen molar-refractivity contribution in [2.75, 3.05) is 6.54 Å². The Morgan fingerprint density at radius 2 is 1.81 bits per heavy atom. The highest BCUT2D eigenvalue weighted by Crippen LogP contribution is 2.47. The lowest BCUT2D eigenvalue weighted by molar-refractivity contribution is 0.0949. The van der Waals surface area contributed by atoms with Crippen LogP contribution in [0.5, 0.6) is 0 Å². The van der Waals surface area contributed by atoms with Gasteiger partial charge in [-0.2, -0.15) is 0 Å². The molecule has 0 atom stereocenters. The van der Waals surface area contributed by atoms with Gasteiger partial charge in [0.05, 0.1) is 5.56 Å². The van der Waals surface area contributed by atoms with Crippen molar-refractivity contribution in [2.45, 2.75) is 18.3 Å². The molecule has 0 saturated heterocycles. The van der Waals surface area contributed by atoms with Gasteiger partial charge in [0.15, 0.2) is 0 Å². The molecule has 1 N–H and O–H groups in total. The third-order valence-corrected chi connectivity index (χ3v) is 4.96. The maximum Gasteiger partial charge on any atom is 0.252 e.